The van der Waals surface area contributed by atoms with Gasteiger partial charge in [0.1, 0.15) is 0 Å². The molecule has 2 atom stereocenters. The van der Waals surface area contributed by atoms with E-state index < -0.39 is 0 Å². The van der Waals surface area contributed by atoms with E-state index in [-0.39, 0.29) is 12.1 Å². The van der Waals surface area contributed by atoms with Crippen LogP contribution >= 0.6 is 15.9 Å². The second-order valence-electron chi connectivity index (χ2n) is 4.23. The summed E-state index contributed by atoms with van der Waals surface area (Å²) >= 11 is 3.53. The quantitative estimate of drug-likeness (QED) is 0.893. The number of nitrogens with two attached hydrogens (primary N) is 1. The first-order valence-electron chi connectivity index (χ1n) is 5.36. The molecule has 90 valence electrons. The summed E-state index contributed by atoms with van der Waals surface area (Å²) in [5.74, 6) is 0. The van der Waals surface area contributed by atoms with Crippen LogP contribution in [-0.2, 0) is 0 Å². The predicted octanol–water partition coefficient (Wildman–Crippen LogP) is 2.29. The normalized spacial score (nSPS) is 14.6. The molecule has 1 rings (SSSR count). The molecule has 16 heavy (non-hydrogen) atoms. The molecule has 0 saturated carbocycles. The van der Waals surface area contributed by atoms with E-state index >= 15 is 0 Å². The average molecular weight is 287 g/mol. The summed E-state index contributed by atoms with van der Waals surface area (Å²) in [6.07, 6.45) is -0.343. The topological polar surface area (TPSA) is 49.5 Å². The minimum atomic E-state index is -0.343. The van der Waals surface area contributed by atoms with Gasteiger partial charge in [0, 0.05) is 24.1 Å². The molecule has 1 unspecified atom stereocenters. The van der Waals surface area contributed by atoms with E-state index in [9.17, 15) is 5.11 Å². The fourth-order valence-electron chi connectivity index (χ4n) is 1.61. The first-order valence-corrected chi connectivity index (χ1v) is 6.15. The highest BCUT2D eigenvalue weighted by Gasteiger charge is 2.09. The van der Waals surface area contributed by atoms with Crippen LogP contribution in [0.2, 0.25) is 0 Å². The van der Waals surface area contributed by atoms with Gasteiger partial charge in [-0.2, -0.15) is 0 Å². The van der Waals surface area contributed by atoms with Crippen molar-refractivity contribution < 1.29 is 5.11 Å². The zero-order valence-corrected chi connectivity index (χ0v) is 11.5. The number of hydrogen-bond acceptors (Lipinski definition) is 3. The van der Waals surface area contributed by atoms with Gasteiger partial charge in [0.25, 0.3) is 0 Å². The van der Waals surface area contributed by atoms with Crippen molar-refractivity contribution in [3.05, 3.63) is 28.2 Å². The van der Waals surface area contributed by atoms with E-state index in [1.54, 1.807) is 6.92 Å². The summed E-state index contributed by atoms with van der Waals surface area (Å²) in [7, 11) is 1.96. The Labute approximate surface area is 105 Å². The molecule has 3 nitrogen and oxygen atoms in total. The van der Waals surface area contributed by atoms with Crippen molar-refractivity contribution >= 4 is 21.6 Å². The third kappa shape index (κ3) is 3.47. The number of aliphatic hydroxyl groups is 1. The fourth-order valence-corrected chi connectivity index (χ4v) is 2.31. The maximum atomic E-state index is 9.34. The number of nitrogens with zero attached hydrogens (tertiary/aromatic N) is 1. The summed E-state index contributed by atoms with van der Waals surface area (Å²) in [6, 6.07) is 6.10. The smallest absolute Gasteiger partial charge is 0.0686 e. The van der Waals surface area contributed by atoms with Crippen LogP contribution in [0.3, 0.4) is 0 Å². The first kappa shape index (κ1) is 13.5. The molecule has 0 radical (unpaired) electrons. The van der Waals surface area contributed by atoms with Crippen LogP contribution in [-0.4, -0.2) is 24.8 Å². The first-order chi connectivity index (χ1) is 7.41. The second kappa shape index (κ2) is 5.66. The Kier molecular flexibility index (Phi) is 4.77. The Morgan fingerprint density at radius 2 is 2.06 bits per heavy atom. The number of benzene rings is 1. The van der Waals surface area contributed by atoms with Gasteiger partial charge in [-0.1, -0.05) is 6.07 Å². The monoisotopic (exact) mass is 286 g/mol. The number of aliphatic hydroxyl groups excluding tert-OH is 1. The molecule has 0 saturated heterocycles. The van der Waals surface area contributed by atoms with E-state index in [4.69, 9.17) is 5.73 Å². The van der Waals surface area contributed by atoms with Crippen molar-refractivity contribution in [2.75, 3.05) is 18.5 Å². The lowest BCUT2D eigenvalue weighted by Gasteiger charge is -2.23. The molecule has 0 bridgehead atoms. The van der Waals surface area contributed by atoms with Crippen molar-refractivity contribution in [1.29, 1.82) is 0 Å². The van der Waals surface area contributed by atoms with Crippen molar-refractivity contribution in [3.63, 3.8) is 0 Å². The Bertz CT molecular complexity index is 353. The average Bonchev–Trinajstić information content (AvgIpc) is 2.15. The number of rotatable bonds is 4. The van der Waals surface area contributed by atoms with E-state index in [2.05, 4.69) is 15.9 Å². The summed E-state index contributed by atoms with van der Waals surface area (Å²) in [6.45, 7) is 4.35. The molecule has 0 fully saturated rings. The molecule has 0 aliphatic carbocycles. The van der Waals surface area contributed by atoms with Gasteiger partial charge in [0.15, 0.2) is 0 Å². The van der Waals surface area contributed by atoms with Crippen molar-refractivity contribution in [1.82, 2.24) is 0 Å². The summed E-state index contributed by atoms with van der Waals surface area (Å²) in [5, 5.41) is 9.34. The van der Waals surface area contributed by atoms with E-state index in [1.807, 2.05) is 37.1 Å². The maximum absolute atomic E-state index is 9.34. The molecule has 3 N–H and O–H groups in total. The fraction of sp³-hybridized carbons (Fsp3) is 0.500. The van der Waals surface area contributed by atoms with Crippen LogP contribution in [0.1, 0.15) is 25.5 Å². The van der Waals surface area contributed by atoms with E-state index in [0.29, 0.717) is 6.54 Å². The van der Waals surface area contributed by atoms with Gasteiger partial charge in [0.05, 0.1) is 11.8 Å². The molecule has 4 heteroatoms. The highest BCUT2D eigenvalue weighted by Crippen LogP contribution is 2.28. The lowest BCUT2D eigenvalue weighted by atomic mass is 10.1. The van der Waals surface area contributed by atoms with Crippen LogP contribution in [0.25, 0.3) is 0 Å². The molecule has 0 aliphatic heterocycles. The predicted molar refractivity (Wildman–Crippen MR) is 71.7 cm³/mol. The van der Waals surface area contributed by atoms with Gasteiger partial charge in [-0.3, -0.25) is 0 Å². The van der Waals surface area contributed by atoms with Gasteiger partial charge in [-0.15, -0.1) is 0 Å². The summed E-state index contributed by atoms with van der Waals surface area (Å²) < 4.78 is 1.01. The molecule has 0 aliphatic rings. The van der Waals surface area contributed by atoms with Crippen LogP contribution in [0.4, 0.5) is 5.69 Å². The van der Waals surface area contributed by atoms with Gasteiger partial charge >= 0.3 is 0 Å². The third-order valence-electron chi connectivity index (χ3n) is 2.45. The zero-order chi connectivity index (χ0) is 12.3. The van der Waals surface area contributed by atoms with E-state index in [0.717, 1.165) is 15.7 Å². The van der Waals surface area contributed by atoms with Crippen LogP contribution in [0.5, 0.6) is 0 Å². The van der Waals surface area contributed by atoms with Crippen molar-refractivity contribution in [2.24, 2.45) is 5.73 Å². The largest absolute Gasteiger partial charge is 0.392 e. The van der Waals surface area contributed by atoms with E-state index in [1.165, 1.54) is 0 Å². The molecular weight excluding hydrogens is 268 g/mol. The molecule has 1 aromatic carbocycles. The Balaban J connectivity index is 2.90. The molecule has 0 spiro atoms. The highest BCUT2D eigenvalue weighted by molar-refractivity contribution is 9.10. The zero-order valence-electron chi connectivity index (χ0n) is 9.94. The van der Waals surface area contributed by atoms with Crippen LogP contribution < -0.4 is 10.6 Å². The second-order valence-corrected chi connectivity index (χ2v) is 5.08. The number of halogens is 1. The van der Waals surface area contributed by atoms with Crippen molar-refractivity contribution in [2.45, 2.75) is 26.0 Å². The van der Waals surface area contributed by atoms with Gasteiger partial charge < -0.3 is 15.7 Å². The number of anilines is 1. The standard InChI is InChI=1S/C12H19BrN2O/c1-8(16)7-15(3)12-5-4-10(9(2)14)6-11(12)13/h4-6,8-9,16H,7,14H2,1-3H3/t8?,9-/m0/s1. The summed E-state index contributed by atoms with van der Waals surface area (Å²) in [5.41, 5.74) is 7.97. The number of likely N-dealkylation sites (N-methyl/N-ethyl adjacent to an activating group) is 1. The Hall–Kier alpha value is -0.580. The number of hydrogen-bond donors (Lipinski definition) is 2. The molecular formula is C12H19BrN2O. The molecule has 1 aromatic rings. The molecule has 0 aromatic heterocycles. The van der Waals surface area contributed by atoms with Gasteiger partial charge in [-0.25, -0.2) is 0 Å². The Morgan fingerprint density at radius 3 is 2.50 bits per heavy atom. The van der Waals surface area contributed by atoms with Gasteiger partial charge in [-0.05, 0) is 47.5 Å². The lowest BCUT2D eigenvalue weighted by molar-refractivity contribution is 0.201. The minimum absolute atomic E-state index is 0.0346. The Morgan fingerprint density at radius 1 is 1.44 bits per heavy atom. The maximum Gasteiger partial charge on any atom is 0.0686 e. The molecule has 0 amide bonds. The van der Waals surface area contributed by atoms with Crippen LogP contribution in [0.15, 0.2) is 22.7 Å². The third-order valence-corrected chi connectivity index (χ3v) is 3.08. The SMILES string of the molecule is CC(O)CN(C)c1ccc([C@H](C)N)cc1Br. The van der Waals surface area contributed by atoms with Crippen molar-refractivity contribution in [3.8, 4) is 0 Å². The lowest BCUT2D eigenvalue weighted by Crippen LogP contribution is -2.27. The van der Waals surface area contributed by atoms with Crippen LogP contribution in [0, 0.1) is 0 Å². The highest BCUT2D eigenvalue weighted by atomic mass is 79.9. The molecule has 0 heterocycles. The van der Waals surface area contributed by atoms with Gasteiger partial charge in [0.2, 0.25) is 0 Å². The summed E-state index contributed by atoms with van der Waals surface area (Å²) in [4.78, 5) is 2.01. The minimum Gasteiger partial charge on any atom is -0.392 e.